The summed E-state index contributed by atoms with van der Waals surface area (Å²) < 4.78 is 38.8. The van der Waals surface area contributed by atoms with Crippen molar-refractivity contribution in [3.05, 3.63) is 64.8 Å². The van der Waals surface area contributed by atoms with Crippen LogP contribution < -0.4 is 10.6 Å². The largest absolute Gasteiger partial charge is 0.433 e. The van der Waals surface area contributed by atoms with Crippen LogP contribution in [0.1, 0.15) is 57.2 Å². The summed E-state index contributed by atoms with van der Waals surface area (Å²) in [5.41, 5.74) is -1.84. The normalized spacial score (nSPS) is 16.5. The molecule has 0 aromatic carbocycles. The number of alkyl halides is 3. The minimum atomic E-state index is -4.68. The average Bonchev–Trinajstić information content (AvgIpc) is 2.65. The molecule has 2 rings (SSSR count). The second-order valence-corrected chi connectivity index (χ2v) is 9.31. The Labute approximate surface area is 185 Å². The molecule has 1 aliphatic rings. The van der Waals surface area contributed by atoms with Crippen LogP contribution in [-0.2, 0) is 6.18 Å². The lowest BCUT2D eigenvalue weighted by Crippen LogP contribution is -2.35. The van der Waals surface area contributed by atoms with Gasteiger partial charge in [0.1, 0.15) is 11.4 Å². The van der Waals surface area contributed by atoms with Crippen molar-refractivity contribution in [3.8, 4) is 0 Å². The summed E-state index contributed by atoms with van der Waals surface area (Å²) in [5, 5.41) is 24.4. The summed E-state index contributed by atoms with van der Waals surface area (Å²) in [6, 6.07) is 3.06. The van der Waals surface area contributed by atoms with Gasteiger partial charge in [0.05, 0.1) is 11.3 Å². The van der Waals surface area contributed by atoms with Gasteiger partial charge in [-0.2, -0.15) is 13.2 Å². The lowest BCUT2D eigenvalue weighted by molar-refractivity contribution is -0.141. The fraction of sp³-hybridized carbons (Fsp3) is 0.435. The Morgan fingerprint density at radius 2 is 1.81 bits per heavy atom. The van der Waals surface area contributed by atoms with Crippen molar-refractivity contribution < 1.29 is 23.1 Å². The van der Waals surface area contributed by atoms with E-state index in [-0.39, 0.29) is 22.4 Å². The maximum absolute atomic E-state index is 12.9. The summed E-state index contributed by atoms with van der Waals surface area (Å²) in [6.07, 6.45) is 0.781. The van der Waals surface area contributed by atoms with Crippen molar-refractivity contribution in [2.45, 2.75) is 52.8 Å². The molecule has 0 spiro atoms. The molecular weight excluding hydrogens is 421 g/mol. The van der Waals surface area contributed by atoms with Gasteiger partial charge in [0.2, 0.25) is 0 Å². The number of carbonyl (C=O) groups is 1. The van der Waals surface area contributed by atoms with Gasteiger partial charge in [-0.15, -0.1) is 0 Å². The Kier molecular flexibility index (Phi) is 7.34. The lowest BCUT2D eigenvalue weighted by Gasteiger charge is -2.28. The number of amides is 1. The quantitative estimate of drug-likeness (QED) is 0.484. The summed E-state index contributed by atoms with van der Waals surface area (Å²) >= 11 is 0. The van der Waals surface area contributed by atoms with Crippen LogP contribution in [0.2, 0.25) is 0 Å². The van der Waals surface area contributed by atoms with E-state index in [0.29, 0.717) is 12.1 Å². The summed E-state index contributed by atoms with van der Waals surface area (Å²) in [7, 11) is 0. The topological polar surface area (TPSA) is 98.1 Å². The minimum absolute atomic E-state index is 0.126. The van der Waals surface area contributed by atoms with E-state index in [1.165, 1.54) is 32.1 Å². The Balaban J connectivity index is 2.31. The number of carbonyl (C=O) groups excluding carboxylic acids is 1. The average molecular weight is 451 g/mol. The number of hydrogen-bond acceptors (Lipinski definition) is 5. The van der Waals surface area contributed by atoms with E-state index in [4.69, 9.17) is 5.41 Å². The molecule has 0 aliphatic heterocycles. The minimum Gasteiger partial charge on any atom is -0.390 e. The number of hydrogen-bond donors (Lipinski definition) is 4. The van der Waals surface area contributed by atoms with E-state index in [2.05, 4.69) is 36.4 Å². The number of halogens is 3. The van der Waals surface area contributed by atoms with Crippen LogP contribution in [0.25, 0.3) is 0 Å². The fourth-order valence-corrected chi connectivity index (χ4v) is 2.88. The van der Waals surface area contributed by atoms with E-state index in [0.717, 1.165) is 18.6 Å². The van der Waals surface area contributed by atoms with Crippen molar-refractivity contribution in [3.63, 3.8) is 0 Å². The predicted molar refractivity (Wildman–Crippen MR) is 117 cm³/mol. The third-order valence-electron chi connectivity index (χ3n) is 4.65. The predicted octanol–water partition coefficient (Wildman–Crippen LogP) is 4.35. The van der Waals surface area contributed by atoms with Crippen LogP contribution in [0.5, 0.6) is 0 Å². The summed E-state index contributed by atoms with van der Waals surface area (Å²) in [4.78, 5) is 16.0. The molecular formula is C23H29F3N4O2. The number of allylic oxidation sites excluding steroid dienone is 3. The van der Waals surface area contributed by atoms with E-state index >= 15 is 0 Å². The van der Waals surface area contributed by atoms with Gasteiger partial charge in [-0.25, -0.2) is 4.98 Å². The molecule has 0 atom stereocenters. The number of aromatic nitrogens is 1. The zero-order valence-corrected chi connectivity index (χ0v) is 18.8. The summed E-state index contributed by atoms with van der Waals surface area (Å²) in [6.45, 7) is 9.98. The highest BCUT2D eigenvalue weighted by molar-refractivity contribution is 6.11. The Hall–Kier alpha value is -2.94. The Morgan fingerprint density at radius 1 is 1.16 bits per heavy atom. The fourth-order valence-electron chi connectivity index (χ4n) is 2.88. The first kappa shape index (κ1) is 25.3. The van der Waals surface area contributed by atoms with Gasteiger partial charge >= 0.3 is 6.18 Å². The monoisotopic (exact) mass is 450 g/mol. The van der Waals surface area contributed by atoms with Crippen LogP contribution >= 0.6 is 0 Å². The number of aliphatic hydroxyl groups is 1. The van der Waals surface area contributed by atoms with Gasteiger partial charge in [0.15, 0.2) is 0 Å². The van der Waals surface area contributed by atoms with Gasteiger partial charge in [-0.05, 0) is 50.0 Å². The van der Waals surface area contributed by atoms with Gasteiger partial charge in [-0.3, -0.25) is 4.79 Å². The molecule has 1 amide bonds. The van der Waals surface area contributed by atoms with Crippen LogP contribution in [-0.4, -0.2) is 33.9 Å². The third-order valence-corrected chi connectivity index (χ3v) is 4.65. The molecule has 1 aromatic heterocycles. The van der Waals surface area contributed by atoms with E-state index in [9.17, 15) is 23.1 Å². The second-order valence-electron chi connectivity index (χ2n) is 9.31. The number of rotatable bonds is 6. The number of nitrogens with zero attached hydrogens (tertiary/aromatic N) is 1. The first-order valence-corrected chi connectivity index (χ1v) is 10.1. The van der Waals surface area contributed by atoms with Crippen molar-refractivity contribution in [2.75, 3.05) is 6.54 Å². The highest BCUT2D eigenvalue weighted by atomic mass is 19.4. The number of pyridine rings is 1. The maximum atomic E-state index is 12.9. The molecule has 1 aliphatic carbocycles. The smallest absolute Gasteiger partial charge is 0.390 e. The molecule has 6 nitrogen and oxygen atoms in total. The van der Waals surface area contributed by atoms with Crippen molar-refractivity contribution in [2.24, 2.45) is 5.41 Å². The molecule has 32 heavy (non-hydrogen) atoms. The lowest BCUT2D eigenvalue weighted by atomic mass is 9.87. The molecule has 1 aromatic rings. The van der Waals surface area contributed by atoms with E-state index < -0.39 is 29.1 Å². The molecule has 1 heterocycles. The van der Waals surface area contributed by atoms with Crippen LogP contribution in [0.4, 0.5) is 13.2 Å². The van der Waals surface area contributed by atoms with Crippen molar-refractivity contribution >= 4 is 11.6 Å². The van der Waals surface area contributed by atoms with Gasteiger partial charge in [0.25, 0.3) is 5.91 Å². The molecule has 4 N–H and O–H groups in total. The van der Waals surface area contributed by atoms with E-state index in [1.54, 1.807) is 6.20 Å². The SMILES string of the molecule is CC(C)(C)CCN/C=C1/C=C(NC(=O)c2cccc(C(F)(F)F)n2)C(C(C)(C)O)=CC1=N. The molecule has 0 radical (unpaired) electrons. The zero-order chi connectivity index (χ0) is 24.3. The molecule has 0 unspecified atom stereocenters. The standard InChI is InChI=1S/C23H29F3N4O2/c1-21(2,3)9-10-28-13-14-11-18(15(12-16(14)27)22(4,5)32)30-20(31)17-7-6-8-19(29-17)23(24,25)26/h6-8,11-13,27-28,32H,9-10H2,1-5H3,(H,30,31)/b14-13-,27-16?. The molecule has 0 saturated heterocycles. The van der Waals surface area contributed by atoms with Crippen molar-refractivity contribution in [1.29, 1.82) is 5.41 Å². The molecule has 174 valence electrons. The Bertz CT molecular complexity index is 978. The van der Waals surface area contributed by atoms with Gasteiger partial charge in [-0.1, -0.05) is 26.8 Å². The highest BCUT2D eigenvalue weighted by Gasteiger charge is 2.33. The van der Waals surface area contributed by atoms with Gasteiger partial charge in [0, 0.05) is 29.6 Å². The molecule has 0 bridgehead atoms. The molecule has 0 saturated carbocycles. The van der Waals surface area contributed by atoms with Crippen LogP contribution in [0.3, 0.4) is 0 Å². The number of nitrogens with one attached hydrogen (secondary N) is 3. The molecule has 0 fully saturated rings. The first-order valence-electron chi connectivity index (χ1n) is 10.1. The van der Waals surface area contributed by atoms with Gasteiger partial charge < -0.3 is 21.1 Å². The van der Waals surface area contributed by atoms with Crippen molar-refractivity contribution in [1.82, 2.24) is 15.6 Å². The maximum Gasteiger partial charge on any atom is 0.433 e. The second kappa shape index (κ2) is 9.28. The van der Waals surface area contributed by atoms with Crippen LogP contribution in [0.15, 0.2) is 53.4 Å². The highest BCUT2D eigenvalue weighted by Crippen LogP contribution is 2.29. The first-order chi connectivity index (χ1) is 14.6. The van der Waals surface area contributed by atoms with E-state index in [1.807, 2.05) is 0 Å². The van der Waals surface area contributed by atoms with Crippen LogP contribution in [0, 0.1) is 10.8 Å². The summed E-state index contributed by atoms with van der Waals surface area (Å²) in [5.74, 6) is -0.856. The zero-order valence-electron chi connectivity index (χ0n) is 18.8. The molecule has 9 heteroatoms. The third kappa shape index (κ3) is 7.05. The Morgan fingerprint density at radius 3 is 2.38 bits per heavy atom.